The minimum absolute atomic E-state index is 0.316. The van der Waals surface area contributed by atoms with Gasteiger partial charge in [-0.2, -0.15) is 0 Å². The van der Waals surface area contributed by atoms with Gasteiger partial charge in [-0.3, -0.25) is 0 Å². The van der Waals surface area contributed by atoms with Gasteiger partial charge in [0.15, 0.2) is 12.6 Å². The van der Waals surface area contributed by atoms with Gasteiger partial charge in [0.05, 0.1) is 19.8 Å². The van der Waals surface area contributed by atoms with Gasteiger partial charge in [-0.15, -0.1) is 0 Å². The average molecular weight is 500 g/mol. The highest BCUT2D eigenvalue weighted by Crippen LogP contribution is 2.35. The standard InChI is InChI=1S/C23H32O12/c1-2-3-4-5-6-8-23(9-7-10-31-23)35-22-20(18(29)16(27)14(12-25)33-22)34-21-19(30)17(28)15(26)13(11-24)32-21/h2-3,13-22,24-30H,7,9-12H2,1H3/b3-2-/t13-,14-,15-,16-,17+,18+,19-,20-,21+,22+,23+/m1/s1. The van der Waals surface area contributed by atoms with Crippen LogP contribution in [0.15, 0.2) is 12.2 Å². The Balaban J connectivity index is 1.86. The Morgan fingerprint density at radius 2 is 1.54 bits per heavy atom. The predicted octanol–water partition coefficient (Wildman–Crippen LogP) is -3.28. The molecule has 12 nitrogen and oxygen atoms in total. The van der Waals surface area contributed by atoms with Crippen molar-refractivity contribution in [1.82, 2.24) is 0 Å². The summed E-state index contributed by atoms with van der Waals surface area (Å²) in [5.74, 6) is 9.28. The number of hydrogen-bond donors (Lipinski definition) is 7. The van der Waals surface area contributed by atoms with Crippen LogP contribution < -0.4 is 0 Å². The Kier molecular flexibility index (Phi) is 10.0. The van der Waals surface area contributed by atoms with E-state index in [0.717, 1.165) is 0 Å². The number of hydrogen-bond acceptors (Lipinski definition) is 12. The summed E-state index contributed by atoms with van der Waals surface area (Å²) < 4.78 is 28.3. The summed E-state index contributed by atoms with van der Waals surface area (Å²) in [5.41, 5.74) is 0. The van der Waals surface area contributed by atoms with Crippen LogP contribution in [0, 0.1) is 23.7 Å². The Hall–Kier alpha value is -1.62. The van der Waals surface area contributed by atoms with Crippen molar-refractivity contribution < 1.29 is 59.4 Å². The molecule has 3 aliphatic rings. The van der Waals surface area contributed by atoms with Crippen LogP contribution in [0.25, 0.3) is 0 Å². The highest BCUT2D eigenvalue weighted by Gasteiger charge is 2.53. The van der Waals surface area contributed by atoms with Crippen molar-refractivity contribution >= 4 is 0 Å². The van der Waals surface area contributed by atoms with Crippen molar-refractivity contribution in [3.8, 4) is 23.7 Å². The summed E-state index contributed by atoms with van der Waals surface area (Å²) >= 11 is 0. The molecular weight excluding hydrogens is 468 g/mol. The lowest BCUT2D eigenvalue weighted by Gasteiger charge is -2.46. The molecule has 0 aromatic rings. The van der Waals surface area contributed by atoms with Gasteiger partial charge >= 0.3 is 0 Å². The smallest absolute Gasteiger partial charge is 0.236 e. The van der Waals surface area contributed by atoms with Crippen LogP contribution in [-0.2, 0) is 23.7 Å². The third kappa shape index (κ3) is 6.39. The molecule has 3 rings (SSSR count). The second-order valence-corrected chi connectivity index (χ2v) is 8.35. The largest absolute Gasteiger partial charge is 0.394 e. The number of allylic oxidation sites excluding steroid dienone is 2. The molecule has 3 heterocycles. The molecule has 0 spiro atoms. The maximum absolute atomic E-state index is 10.7. The van der Waals surface area contributed by atoms with E-state index in [4.69, 9.17) is 23.7 Å². The minimum atomic E-state index is -1.77. The summed E-state index contributed by atoms with van der Waals surface area (Å²) in [6.07, 6.45) is -11.3. The first-order chi connectivity index (χ1) is 16.8. The van der Waals surface area contributed by atoms with Gasteiger partial charge in [0.25, 0.3) is 0 Å². The molecule has 3 saturated heterocycles. The molecule has 0 aromatic heterocycles. The summed E-state index contributed by atoms with van der Waals surface area (Å²) in [5, 5.41) is 70.5. The SMILES string of the molecule is C/C=C\C#CC#C[C@]1(O[C@@H]2O[C@H](CO)[C@@H](O)[C@H](O)[C@H]2O[C@@H]2O[C@H](CO)[C@@H](O)[C@H](O)[C@H]2O)CCCO1. The number of aliphatic hydroxyl groups is 7. The Morgan fingerprint density at radius 3 is 2.14 bits per heavy atom. The molecule has 0 amide bonds. The molecule has 0 radical (unpaired) electrons. The summed E-state index contributed by atoms with van der Waals surface area (Å²) in [7, 11) is 0. The highest BCUT2D eigenvalue weighted by atomic mass is 16.8. The van der Waals surface area contributed by atoms with E-state index < -0.39 is 80.4 Å². The molecule has 196 valence electrons. The second kappa shape index (κ2) is 12.6. The lowest BCUT2D eigenvalue weighted by Crippen LogP contribution is -2.65. The monoisotopic (exact) mass is 500 g/mol. The molecule has 0 aromatic carbocycles. The Morgan fingerprint density at radius 1 is 0.886 bits per heavy atom. The van der Waals surface area contributed by atoms with E-state index in [1.165, 1.54) is 0 Å². The molecule has 11 atom stereocenters. The van der Waals surface area contributed by atoms with E-state index in [-0.39, 0.29) is 0 Å². The number of rotatable bonds is 6. The Bertz CT molecular complexity index is 833. The van der Waals surface area contributed by atoms with E-state index in [1.807, 2.05) is 0 Å². The van der Waals surface area contributed by atoms with E-state index in [2.05, 4.69) is 23.7 Å². The van der Waals surface area contributed by atoms with Crippen molar-refractivity contribution in [2.24, 2.45) is 0 Å². The van der Waals surface area contributed by atoms with Crippen LogP contribution in [-0.4, -0.2) is 123 Å². The molecule has 3 fully saturated rings. The molecule has 12 heteroatoms. The first-order valence-corrected chi connectivity index (χ1v) is 11.3. The minimum Gasteiger partial charge on any atom is -0.394 e. The van der Waals surface area contributed by atoms with Crippen molar-refractivity contribution in [2.45, 2.75) is 87.0 Å². The molecule has 3 aliphatic heterocycles. The van der Waals surface area contributed by atoms with Gasteiger partial charge < -0.3 is 59.4 Å². The quantitative estimate of drug-likeness (QED) is 0.181. The maximum atomic E-state index is 10.7. The zero-order valence-electron chi connectivity index (χ0n) is 19.1. The molecule has 0 unspecified atom stereocenters. The molecule has 35 heavy (non-hydrogen) atoms. The van der Waals surface area contributed by atoms with Crippen molar-refractivity contribution in [2.75, 3.05) is 19.8 Å². The topological polar surface area (TPSA) is 188 Å². The van der Waals surface area contributed by atoms with E-state index in [9.17, 15) is 35.7 Å². The van der Waals surface area contributed by atoms with Crippen LogP contribution in [0.3, 0.4) is 0 Å². The molecule has 7 N–H and O–H groups in total. The van der Waals surface area contributed by atoms with Crippen molar-refractivity contribution in [3.63, 3.8) is 0 Å². The van der Waals surface area contributed by atoms with Gasteiger partial charge in [0.2, 0.25) is 5.79 Å². The van der Waals surface area contributed by atoms with Gasteiger partial charge in [-0.1, -0.05) is 12.0 Å². The summed E-state index contributed by atoms with van der Waals surface area (Å²) in [4.78, 5) is 0. The zero-order chi connectivity index (χ0) is 25.6. The van der Waals surface area contributed by atoms with Crippen LogP contribution in [0.5, 0.6) is 0 Å². The molecule has 0 aliphatic carbocycles. The van der Waals surface area contributed by atoms with Crippen LogP contribution >= 0.6 is 0 Å². The van der Waals surface area contributed by atoms with Crippen LogP contribution in [0.1, 0.15) is 19.8 Å². The normalized spacial score (nSPS) is 43.9. The third-order valence-electron chi connectivity index (χ3n) is 5.89. The van der Waals surface area contributed by atoms with E-state index >= 15 is 0 Å². The number of aliphatic hydroxyl groups excluding tert-OH is 7. The van der Waals surface area contributed by atoms with Crippen molar-refractivity contribution in [3.05, 3.63) is 12.2 Å². The first kappa shape index (κ1) is 28.0. The zero-order valence-corrected chi connectivity index (χ0v) is 19.1. The van der Waals surface area contributed by atoms with Crippen LogP contribution in [0.2, 0.25) is 0 Å². The highest BCUT2D eigenvalue weighted by molar-refractivity contribution is 5.32. The fourth-order valence-electron chi connectivity index (χ4n) is 3.94. The van der Waals surface area contributed by atoms with Gasteiger partial charge in [0.1, 0.15) is 48.8 Å². The molecule has 0 saturated carbocycles. The second-order valence-electron chi connectivity index (χ2n) is 8.35. The van der Waals surface area contributed by atoms with Gasteiger partial charge in [0, 0.05) is 6.42 Å². The van der Waals surface area contributed by atoms with Gasteiger partial charge in [-0.25, -0.2) is 0 Å². The van der Waals surface area contributed by atoms with Gasteiger partial charge in [-0.05, 0) is 37.2 Å². The van der Waals surface area contributed by atoms with E-state index in [1.54, 1.807) is 19.1 Å². The molecular formula is C23H32O12. The fraction of sp³-hybridized carbons (Fsp3) is 0.739. The Labute approximate surface area is 202 Å². The van der Waals surface area contributed by atoms with E-state index in [0.29, 0.717) is 19.4 Å². The lowest BCUT2D eigenvalue weighted by molar-refractivity contribution is -0.388. The number of ether oxygens (including phenoxy) is 5. The van der Waals surface area contributed by atoms with Crippen LogP contribution in [0.4, 0.5) is 0 Å². The third-order valence-corrected chi connectivity index (χ3v) is 5.89. The predicted molar refractivity (Wildman–Crippen MR) is 116 cm³/mol. The summed E-state index contributed by atoms with van der Waals surface area (Å²) in [6.45, 7) is 0.778. The fourth-order valence-corrected chi connectivity index (χ4v) is 3.94. The maximum Gasteiger partial charge on any atom is 0.236 e. The summed E-state index contributed by atoms with van der Waals surface area (Å²) in [6, 6.07) is 0. The molecule has 0 bridgehead atoms. The first-order valence-electron chi connectivity index (χ1n) is 11.3. The lowest BCUT2D eigenvalue weighted by atomic mass is 9.97. The van der Waals surface area contributed by atoms with Crippen molar-refractivity contribution in [1.29, 1.82) is 0 Å². The average Bonchev–Trinajstić information content (AvgIpc) is 3.31.